The van der Waals surface area contributed by atoms with Crippen molar-refractivity contribution in [3.8, 4) is 0 Å². The zero-order valence-electron chi connectivity index (χ0n) is 13.0. The number of benzene rings is 3. The number of urea groups is 1. The zero-order valence-corrected chi connectivity index (χ0v) is 13.0. The lowest BCUT2D eigenvalue weighted by Gasteiger charge is -2.23. The van der Waals surface area contributed by atoms with E-state index < -0.39 is 5.82 Å². The molecule has 0 aliphatic heterocycles. The Morgan fingerprint density at radius 2 is 1.42 bits per heavy atom. The van der Waals surface area contributed by atoms with Crippen LogP contribution in [0.2, 0.25) is 0 Å². The molecule has 1 N–H and O–H groups in total. The Labute approximate surface area is 140 Å². The van der Waals surface area contributed by atoms with E-state index in [0.29, 0.717) is 6.54 Å². The number of nitrogens with zero attached hydrogens (tertiary/aromatic N) is 1. The smallest absolute Gasteiger partial charge is 0.305 e. The van der Waals surface area contributed by atoms with Crippen LogP contribution < -0.4 is 10.2 Å². The first-order chi connectivity index (χ1) is 11.7. The van der Waals surface area contributed by atoms with E-state index in [1.807, 2.05) is 60.7 Å². The normalized spacial score (nSPS) is 10.2. The SMILES string of the molecule is O=C(Nc1ccccc1F)N(Cc1ccccc1)c1ccccc1. The van der Waals surface area contributed by atoms with Gasteiger partial charge in [0.15, 0.2) is 0 Å². The number of rotatable bonds is 4. The van der Waals surface area contributed by atoms with Crippen LogP contribution in [0.4, 0.5) is 20.6 Å². The van der Waals surface area contributed by atoms with Gasteiger partial charge < -0.3 is 5.32 Å². The first-order valence-electron chi connectivity index (χ1n) is 7.66. The highest BCUT2D eigenvalue weighted by molar-refractivity contribution is 6.01. The zero-order chi connectivity index (χ0) is 16.8. The van der Waals surface area contributed by atoms with Crippen LogP contribution in [-0.2, 0) is 6.54 Å². The van der Waals surface area contributed by atoms with Gasteiger partial charge in [0.2, 0.25) is 0 Å². The third-order valence-electron chi connectivity index (χ3n) is 3.61. The van der Waals surface area contributed by atoms with Crippen LogP contribution in [0.25, 0.3) is 0 Å². The predicted octanol–water partition coefficient (Wildman–Crippen LogP) is 5.06. The number of carbonyl (C=O) groups excluding carboxylic acids is 1. The quantitative estimate of drug-likeness (QED) is 0.715. The summed E-state index contributed by atoms with van der Waals surface area (Å²) in [6.07, 6.45) is 0. The maximum atomic E-state index is 13.8. The summed E-state index contributed by atoms with van der Waals surface area (Å²) in [5.74, 6) is -0.460. The minimum Gasteiger partial charge on any atom is -0.305 e. The predicted molar refractivity (Wildman–Crippen MR) is 94.5 cm³/mol. The van der Waals surface area contributed by atoms with E-state index in [9.17, 15) is 9.18 Å². The molecule has 0 aliphatic rings. The number of carbonyl (C=O) groups is 1. The largest absolute Gasteiger partial charge is 0.326 e. The highest BCUT2D eigenvalue weighted by atomic mass is 19.1. The number of halogens is 1. The van der Waals surface area contributed by atoms with Crippen molar-refractivity contribution in [1.82, 2.24) is 0 Å². The highest BCUT2D eigenvalue weighted by Crippen LogP contribution is 2.20. The van der Waals surface area contributed by atoms with E-state index in [1.165, 1.54) is 6.07 Å². The van der Waals surface area contributed by atoms with Gasteiger partial charge in [-0.25, -0.2) is 9.18 Å². The molecule has 3 rings (SSSR count). The molecule has 0 heterocycles. The van der Waals surface area contributed by atoms with Crippen molar-refractivity contribution >= 4 is 17.4 Å². The number of anilines is 2. The fraction of sp³-hybridized carbons (Fsp3) is 0.0500. The number of nitrogens with one attached hydrogen (secondary N) is 1. The van der Waals surface area contributed by atoms with Gasteiger partial charge in [-0.2, -0.15) is 0 Å². The van der Waals surface area contributed by atoms with Crippen molar-refractivity contribution in [3.05, 3.63) is 96.3 Å². The van der Waals surface area contributed by atoms with Crippen LogP contribution in [0, 0.1) is 5.82 Å². The van der Waals surface area contributed by atoms with E-state index in [-0.39, 0.29) is 11.7 Å². The molecule has 0 saturated carbocycles. The molecule has 0 radical (unpaired) electrons. The Morgan fingerprint density at radius 1 is 0.833 bits per heavy atom. The summed E-state index contributed by atoms with van der Waals surface area (Å²) in [4.78, 5) is 14.3. The number of hydrogen-bond acceptors (Lipinski definition) is 1. The summed E-state index contributed by atoms with van der Waals surface area (Å²) in [5.41, 5.74) is 1.90. The Hall–Kier alpha value is -3.14. The molecule has 24 heavy (non-hydrogen) atoms. The van der Waals surface area contributed by atoms with Crippen LogP contribution in [0.5, 0.6) is 0 Å². The summed E-state index contributed by atoms with van der Waals surface area (Å²) in [7, 11) is 0. The first kappa shape index (κ1) is 15.7. The Bertz CT molecular complexity index is 806. The van der Waals surface area contributed by atoms with Gasteiger partial charge in [0, 0.05) is 5.69 Å². The third-order valence-corrected chi connectivity index (χ3v) is 3.61. The topological polar surface area (TPSA) is 32.3 Å². The lowest BCUT2D eigenvalue weighted by Crippen LogP contribution is -2.34. The molecule has 3 aromatic rings. The molecule has 0 bridgehead atoms. The third kappa shape index (κ3) is 3.79. The molecule has 0 aliphatic carbocycles. The van der Waals surface area contributed by atoms with E-state index in [2.05, 4.69) is 5.32 Å². The summed E-state index contributed by atoms with van der Waals surface area (Å²) in [6, 6.07) is 24.7. The van der Waals surface area contributed by atoms with Gasteiger partial charge in [0.1, 0.15) is 5.82 Å². The van der Waals surface area contributed by atoms with Gasteiger partial charge in [-0.15, -0.1) is 0 Å². The molecule has 4 heteroatoms. The molecule has 0 aromatic heterocycles. The van der Waals surface area contributed by atoms with Crippen molar-refractivity contribution in [2.24, 2.45) is 0 Å². The van der Waals surface area contributed by atoms with Gasteiger partial charge >= 0.3 is 6.03 Å². The molecule has 0 fully saturated rings. The van der Waals surface area contributed by atoms with Crippen LogP contribution in [0.15, 0.2) is 84.9 Å². The van der Waals surface area contributed by atoms with Gasteiger partial charge in [-0.3, -0.25) is 4.90 Å². The second-order valence-electron chi connectivity index (χ2n) is 5.32. The van der Waals surface area contributed by atoms with Gasteiger partial charge in [0.05, 0.1) is 12.2 Å². The van der Waals surface area contributed by atoms with E-state index in [0.717, 1.165) is 11.3 Å². The fourth-order valence-corrected chi connectivity index (χ4v) is 2.40. The maximum absolute atomic E-state index is 13.8. The average molecular weight is 320 g/mol. The minimum atomic E-state index is -0.460. The van der Waals surface area contributed by atoms with Crippen LogP contribution in [0.3, 0.4) is 0 Å². The summed E-state index contributed by atoms with van der Waals surface area (Å²) >= 11 is 0. The molecule has 0 saturated heterocycles. The standard InChI is InChI=1S/C20H17FN2O/c21-18-13-7-8-14-19(18)22-20(24)23(17-11-5-2-6-12-17)15-16-9-3-1-4-10-16/h1-14H,15H2,(H,22,24). The molecular weight excluding hydrogens is 303 g/mol. The van der Waals surface area contributed by atoms with Crippen molar-refractivity contribution in [2.45, 2.75) is 6.54 Å². The summed E-state index contributed by atoms with van der Waals surface area (Å²) < 4.78 is 13.8. The second-order valence-corrected chi connectivity index (χ2v) is 5.32. The van der Waals surface area contributed by atoms with E-state index in [1.54, 1.807) is 23.1 Å². The van der Waals surface area contributed by atoms with Crippen molar-refractivity contribution in [3.63, 3.8) is 0 Å². The van der Waals surface area contributed by atoms with E-state index in [4.69, 9.17) is 0 Å². The monoisotopic (exact) mass is 320 g/mol. The van der Waals surface area contributed by atoms with Crippen LogP contribution >= 0.6 is 0 Å². The Kier molecular flexibility index (Phi) is 4.87. The number of amides is 2. The van der Waals surface area contributed by atoms with Gasteiger partial charge in [-0.05, 0) is 29.8 Å². The first-order valence-corrected chi connectivity index (χ1v) is 7.66. The minimum absolute atomic E-state index is 0.163. The average Bonchev–Trinajstić information content (AvgIpc) is 2.63. The molecule has 3 nitrogen and oxygen atoms in total. The number of hydrogen-bond donors (Lipinski definition) is 1. The molecule has 120 valence electrons. The van der Waals surface area contributed by atoms with Crippen LogP contribution in [0.1, 0.15) is 5.56 Å². The lowest BCUT2D eigenvalue weighted by molar-refractivity contribution is 0.256. The Balaban J connectivity index is 1.87. The molecule has 0 atom stereocenters. The lowest BCUT2D eigenvalue weighted by atomic mass is 10.2. The molecular formula is C20H17FN2O. The van der Waals surface area contributed by atoms with Crippen molar-refractivity contribution < 1.29 is 9.18 Å². The van der Waals surface area contributed by atoms with E-state index >= 15 is 0 Å². The van der Waals surface area contributed by atoms with Crippen LogP contribution in [-0.4, -0.2) is 6.03 Å². The number of para-hydroxylation sites is 2. The summed E-state index contributed by atoms with van der Waals surface area (Å²) in [6.45, 7) is 0.394. The molecule has 0 unspecified atom stereocenters. The second kappa shape index (κ2) is 7.42. The van der Waals surface area contributed by atoms with Gasteiger partial charge in [0.25, 0.3) is 0 Å². The van der Waals surface area contributed by atoms with Crippen molar-refractivity contribution in [1.29, 1.82) is 0 Å². The van der Waals surface area contributed by atoms with Gasteiger partial charge in [-0.1, -0.05) is 60.7 Å². The fourth-order valence-electron chi connectivity index (χ4n) is 2.40. The van der Waals surface area contributed by atoms with Crippen molar-refractivity contribution in [2.75, 3.05) is 10.2 Å². The Morgan fingerprint density at radius 3 is 2.08 bits per heavy atom. The molecule has 3 aromatic carbocycles. The molecule has 2 amide bonds. The molecule has 0 spiro atoms. The summed E-state index contributed by atoms with van der Waals surface area (Å²) in [5, 5.41) is 2.64. The maximum Gasteiger partial charge on any atom is 0.326 e. The highest BCUT2D eigenvalue weighted by Gasteiger charge is 2.17.